The van der Waals surface area contributed by atoms with Crippen LogP contribution in [0.25, 0.3) is 10.2 Å². The number of thiophene rings is 1. The van der Waals surface area contributed by atoms with E-state index in [2.05, 4.69) is 44.6 Å². The summed E-state index contributed by atoms with van der Waals surface area (Å²) in [6.07, 6.45) is 6.24. The van der Waals surface area contributed by atoms with Crippen molar-refractivity contribution < 1.29 is 0 Å². The molecular weight excluding hydrogens is 376 g/mol. The van der Waals surface area contributed by atoms with Crippen LogP contribution in [0.1, 0.15) is 30.4 Å². The Labute approximate surface area is 169 Å². The van der Waals surface area contributed by atoms with Gasteiger partial charge in [-0.2, -0.15) is 0 Å². The lowest BCUT2D eigenvalue weighted by Gasteiger charge is -2.33. The molecule has 0 unspecified atom stereocenters. The van der Waals surface area contributed by atoms with Gasteiger partial charge in [0.2, 0.25) is 0 Å². The highest BCUT2D eigenvalue weighted by atomic mass is 35.5. The van der Waals surface area contributed by atoms with Gasteiger partial charge in [0.05, 0.1) is 10.2 Å². The van der Waals surface area contributed by atoms with Crippen LogP contribution < -0.4 is 10.2 Å². The van der Waals surface area contributed by atoms with Crippen molar-refractivity contribution in [3.05, 3.63) is 52.1 Å². The molecule has 4 nitrogen and oxygen atoms in total. The van der Waals surface area contributed by atoms with Crippen LogP contribution in [0.15, 0.2) is 36.0 Å². The molecule has 0 amide bonds. The van der Waals surface area contributed by atoms with Gasteiger partial charge in [0.15, 0.2) is 0 Å². The molecular formula is C21H25ClN4S. The van der Waals surface area contributed by atoms with E-state index in [-0.39, 0.29) is 0 Å². The van der Waals surface area contributed by atoms with Gasteiger partial charge in [0.1, 0.15) is 12.1 Å². The molecule has 1 fully saturated rings. The van der Waals surface area contributed by atoms with Crippen molar-refractivity contribution in [3.63, 3.8) is 0 Å². The van der Waals surface area contributed by atoms with Crippen LogP contribution in [0, 0.1) is 6.92 Å². The fraction of sp³-hybridized carbons (Fsp3) is 0.429. The van der Waals surface area contributed by atoms with E-state index in [0.29, 0.717) is 6.04 Å². The zero-order valence-corrected chi connectivity index (χ0v) is 17.2. The zero-order valence-electron chi connectivity index (χ0n) is 15.6. The first-order valence-corrected chi connectivity index (χ1v) is 10.9. The second kappa shape index (κ2) is 8.55. The van der Waals surface area contributed by atoms with E-state index in [1.54, 1.807) is 17.7 Å². The molecule has 3 heterocycles. The van der Waals surface area contributed by atoms with Crippen LogP contribution in [0.3, 0.4) is 0 Å². The maximum atomic E-state index is 6.05. The van der Waals surface area contributed by atoms with Gasteiger partial charge < -0.3 is 10.2 Å². The predicted octanol–water partition coefficient (Wildman–Crippen LogP) is 4.84. The number of anilines is 1. The van der Waals surface area contributed by atoms with E-state index >= 15 is 0 Å². The molecule has 0 atom stereocenters. The van der Waals surface area contributed by atoms with Crippen molar-refractivity contribution in [2.45, 2.75) is 38.6 Å². The maximum absolute atomic E-state index is 6.05. The largest absolute Gasteiger partial charge is 0.355 e. The molecule has 1 aromatic carbocycles. The molecule has 0 aliphatic carbocycles. The number of halogens is 1. The Bertz CT molecular complexity index is 902. The molecule has 1 aliphatic heterocycles. The summed E-state index contributed by atoms with van der Waals surface area (Å²) in [6.45, 7) is 5.28. The van der Waals surface area contributed by atoms with Crippen molar-refractivity contribution in [1.82, 2.24) is 15.3 Å². The first-order valence-electron chi connectivity index (χ1n) is 9.62. The van der Waals surface area contributed by atoms with Gasteiger partial charge in [0.25, 0.3) is 0 Å². The lowest BCUT2D eigenvalue weighted by atomic mass is 10.0. The fourth-order valence-corrected chi connectivity index (χ4v) is 5.00. The van der Waals surface area contributed by atoms with Crippen LogP contribution in [-0.4, -0.2) is 35.6 Å². The Morgan fingerprint density at radius 3 is 2.93 bits per heavy atom. The molecule has 0 saturated carbocycles. The number of piperidine rings is 1. The number of aromatic nitrogens is 2. The average molecular weight is 401 g/mol. The summed E-state index contributed by atoms with van der Waals surface area (Å²) in [4.78, 5) is 11.4. The number of nitrogens with one attached hydrogen (secondary N) is 1. The molecule has 2 aromatic heterocycles. The third-order valence-corrected chi connectivity index (χ3v) is 6.59. The third-order valence-electron chi connectivity index (χ3n) is 5.27. The molecule has 1 saturated heterocycles. The number of hydrogen-bond acceptors (Lipinski definition) is 5. The van der Waals surface area contributed by atoms with Crippen LogP contribution in [0.5, 0.6) is 0 Å². The van der Waals surface area contributed by atoms with Crippen molar-refractivity contribution in [3.8, 4) is 0 Å². The minimum atomic E-state index is 0.600. The summed E-state index contributed by atoms with van der Waals surface area (Å²) in [6, 6.07) is 8.77. The summed E-state index contributed by atoms with van der Waals surface area (Å²) in [5.41, 5.74) is 3.67. The van der Waals surface area contributed by atoms with Crippen LogP contribution in [-0.2, 0) is 6.42 Å². The van der Waals surface area contributed by atoms with Crippen LogP contribution in [0.4, 0.5) is 5.82 Å². The Hall–Kier alpha value is -1.69. The van der Waals surface area contributed by atoms with E-state index in [9.17, 15) is 0 Å². The molecule has 0 radical (unpaired) electrons. The molecule has 6 heteroatoms. The van der Waals surface area contributed by atoms with E-state index in [1.165, 1.54) is 15.8 Å². The first kappa shape index (κ1) is 18.7. The van der Waals surface area contributed by atoms with Gasteiger partial charge >= 0.3 is 0 Å². The number of aryl methyl sites for hydroxylation is 2. The van der Waals surface area contributed by atoms with Crippen molar-refractivity contribution in [2.24, 2.45) is 0 Å². The van der Waals surface area contributed by atoms with Gasteiger partial charge in [-0.1, -0.05) is 23.7 Å². The molecule has 3 aromatic rings. The Morgan fingerprint density at radius 1 is 1.26 bits per heavy atom. The van der Waals surface area contributed by atoms with Gasteiger partial charge in [0, 0.05) is 24.2 Å². The van der Waals surface area contributed by atoms with Crippen molar-refractivity contribution in [1.29, 1.82) is 0 Å². The maximum Gasteiger partial charge on any atom is 0.150 e. The van der Waals surface area contributed by atoms with E-state index < -0.39 is 0 Å². The third kappa shape index (κ3) is 4.42. The predicted molar refractivity (Wildman–Crippen MR) is 115 cm³/mol. The molecule has 0 spiro atoms. The standard InChI is InChI=1S/C21H25ClN4S/c1-15-13-27-20-19(15)24-14-25-21(20)26-10-7-18(8-11-26)23-9-3-5-16-4-2-6-17(22)12-16/h2,4,6,12-14,18,23H,3,5,7-11H2,1H3. The minimum Gasteiger partial charge on any atom is -0.355 e. The smallest absolute Gasteiger partial charge is 0.150 e. The zero-order chi connectivity index (χ0) is 18.6. The van der Waals surface area contributed by atoms with Crippen molar-refractivity contribution in [2.75, 3.05) is 24.5 Å². The Morgan fingerprint density at radius 2 is 2.11 bits per heavy atom. The summed E-state index contributed by atoms with van der Waals surface area (Å²) >= 11 is 7.81. The number of nitrogens with zero attached hydrogens (tertiary/aromatic N) is 3. The lowest BCUT2D eigenvalue weighted by Crippen LogP contribution is -2.43. The Kier molecular flexibility index (Phi) is 5.91. The van der Waals surface area contributed by atoms with Gasteiger partial charge in [-0.15, -0.1) is 11.3 Å². The molecule has 27 heavy (non-hydrogen) atoms. The molecule has 1 N–H and O–H groups in total. The summed E-state index contributed by atoms with van der Waals surface area (Å²) < 4.78 is 1.22. The number of rotatable bonds is 6. The lowest BCUT2D eigenvalue weighted by molar-refractivity contribution is 0.412. The summed E-state index contributed by atoms with van der Waals surface area (Å²) in [5.74, 6) is 1.11. The number of hydrogen-bond donors (Lipinski definition) is 1. The van der Waals surface area contributed by atoms with Crippen LogP contribution in [0.2, 0.25) is 5.02 Å². The van der Waals surface area contributed by atoms with Crippen molar-refractivity contribution >= 4 is 39.0 Å². The quantitative estimate of drug-likeness (QED) is 0.601. The second-order valence-electron chi connectivity index (χ2n) is 7.24. The topological polar surface area (TPSA) is 41.0 Å². The highest BCUT2D eigenvalue weighted by Gasteiger charge is 2.22. The number of benzene rings is 1. The highest BCUT2D eigenvalue weighted by Crippen LogP contribution is 2.32. The SMILES string of the molecule is Cc1csc2c(N3CCC(NCCCc4cccc(Cl)c4)CC3)ncnc12. The molecule has 1 aliphatic rings. The van der Waals surface area contributed by atoms with Gasteiger partial charge in [-0.05, 0) is 67.8 Å². The Balaban J connectivity index is 1.25. The average Bonchev–Trinajstić information content (AvgIpc) is 3.07. The van der Waals surface area contributed by atoms with Gasteiger partial charge in [-0.3, -0.25) is 0 Å². The molecule has 142 valence electrons. The first-order chi connectivity index (χ1) is 13.2. The minimum absolute atomic E-state index is 0.600. The number of fused-ring (bicyclic) bond motifs is 1. The molecule has 0 bridgehead atoms. The normalized spacial score (nSPS) is 15.6. The monoisotopic (exact) mass is 400 g/mol. The van der Waals surface area contributed by atoms with E-state index in [1.807, 2.05) is 12.1 Å². The highest BCUT2D eigenvalue weighted by molar-refractivity contribution is 7.18. The summed E-state index contributed by atoms with van der Waals surface area (Å²) in [7, 11) is 0. The second-order valence-corrected chi connectivity index (χ2v) is 8.56. The molecule has 4 rings (SSSR count). The summed E-state index contributed by atoms with van der Waals surface area (Å²) in [5, 5.41) is 6.73. The van der Waals surface area contributed by atoms with E-state index in [0.717, 1.165) is 61.7 Å². The van der Waals surface area contributed by atoms with E-state index in [4.69, 9.17) is 11.6 Å². The van der Waals surface area contributed by atoms with Gasteiger partial charge in [-0.25, -0.2) is 9.97 Å². The van der Waals surface area contributed by atoms with Crippen LogP contribution >= 0.6 is 22.9 Å². The fourth-order valence-electron chi connectivity index (χ4n) is 3.77.